The predicted molar refractivity (Wildman–Crippen MR) is 91.7 cm³/mol. The number of ether oxygens (including phenoxy) is 1. The van der Waals surface area contributed by atoms with Crippen molar-refractivity contribution in [3.05, 3.63) is 29.6 Å². The van der Waals surface area contributed by atoms with Gasteiger partial charge < -0.3 is 19.4 Å². The first-order chi connectivity index (χ1) is 11.2. The van der Waals surface area contributed by atoms with Crippen LogP contribution in [0.5, 0.6) is 0 Å². The van der Waals surface area contributed by atoms with Gasteiger partial charge >= 0.3 is 0 Å². The van der Waals surface area contributed by atoms with Crippen LogP contribution in [0.1, 0.15) is 12.0 Å². The van der Waals surface area contributed by atoms with Gasteiger partial charge in [0, 0.05) is 45.0 Å². The molecule has 1 aromatic carbocycles. The van der Waals surface area contributed by atoms with Crippen LogP contribution in [-0.4, -0.2) is 75.9 Å². The Bertz CT molecular complexity index is 497. The number of aryl methyl sites for hydroxylation is 1. The molecule has 0 aromatic heterocycles. The third kappa shape index (κ3) is 4.66. The normalized spacial score (nSPS) is 20.9. The van der Waals surface area contributed by atoms with Gasteiger partial charge in [-0.25, -0.2) is 4.39 Å². The number of benzene rings is 1. The molecule has 5 heteroatoms. The van der Waals surface area contributed by atoms with Gasteiger partial charge in [-0.3, -0.25) is 0 Å². The summed E-state index contributed by atoms with van der Waals surface area (Å²) in [6.07, 6.45) is 2.03. The summed E-state index contributed by atoms with van der Waals surface area (Å²) in [5, 5.41) is 0. The van der Waals surface area contributed by atoms with E-state index in [1.54, 1.807) is 12.1 Å². The van der Waals surface area contributed by atoms with Crippen LogP contribution < -0.4 is 4.90 Å². The molecule has 0 N–H and O–H groups in total. The molecule has 23 heavy (non-hydrogen) atoms. The summed E-state index contributed by atoms with van der Waals surface area (Å²) in [5.74, 6) is -0.128. The second-order valence-corrected chi connectivity index (χ2v) is 6.62. The van der Waals surface area contributed by atoms with Crippen LogP contribution in [0.2, 0.25) is 0 Å². The first-order valence-corrected chi connectivity index (χ1v) is 8.74. The van der Waals surface area contributed by atoms with E-state index >= 15 is 0 Å². The molecule has 128 valence electrons. The van der Waals surface area contributed by atoms with Crippen molar-refractivity contribution in [2.45, 2.75) is 12.8 Å². The molecular weight excluding hydrogens is 293 g/mol. The zero-order chi connectivity index (χ0) is 16.1. The fraction of sp³-hybridized carbons (Fsp3) is 0.667. The number of likely N-dealkylation sites (N-methyl/N-ethyl adjacent to an activating group) is 1. The molecule has 0 radical (unpaired) electrons. The summed E-state index contributed by atoms with van der Waals surface area (Å²) in [4.78, 5) is 7.22. The van der Waals surface area contributed by atoms with Crippen LogP contribution in [0.4, 0.5) is 10.1 Å². The highest BCUT2D eigenvalue weighted by Gasteiger charge is 2.16. The predicted octanol–water partition coefficient (Wildman–Crippen LogP) is 1.84. The Morgan fingerprint density at radius 2 is 1.78 bits per heavy atom. The fourth-order valence-electron chi connectivity index (χ4n) is 3.43. The topological polar surface area (TPSA) is 19.0 Å². The van der Waals surface area contributed by atoms with E-state index in [1.807, 2.05) is 6.07 Å². The number of hydrogen-bond donors (Lipinski definition) is 0. The minimum absolute atomic E-state index is 0.128. The SMILES string of the molecule is CN1CCN(CCCc2cc(F)ccc2N2CCOCC2)CC1. The van der Waals surface area contributed by atoms with Crippen molar-refractivity contribution in [3.8, 4) is 0 Å². The highest BCUT2D eigenvalue weighted by molar-refractivity contribution is 5.54. The number of halogens is 1. The van der Waals surface area contributed by atoms with Gasteiger partial charge in [-0.2, -0.15) is 0 Å². The number of morpholine rings is 1. The molecule has 2 heterocycles. The molecule has 2 saturated heterocycles. The number of anilines is 1. The van der Waals surface area contributed by atoms with Gasteiger partial charge in [0.05, 0.1) is 13.2 Å². The van der Waals surface area contributed by atoms with Gasteiger partial charge in [0.25, 0.3) is 0 Å². The van der Waals surface area contributed by atoms with Crippen LogP contribution in [-0.2, 0) is 11.2 Å². The molecule has 0 saturated carbocycles. The van der Waals surface area contributed by atoms with E-state index in [4.69, 9.17) is 4.74 Å². The van der Waals surface area contributed by atoms with Gasteiger partial charge in [-0.1, -0.05) is 0 Å². The minimum atomic E-state index is -0.128. The first-order valence-electron chi connectivity index (χ1n) is 8.74. The van der Waals surface area contributed by atoms with E-state index in [0.717, 1.165) is 77.4 Å². The number of piperazine rings is 1. The lowest BCUT2D eigenvalue weighted by molar-refractivity contribution is 0.122. The summed E-state index contributed by atoms with van der Waals surface area (Å²) >= 11 is 0. The van der Waals surface area contributed by atoms with Crippen molar-refractivity contribution in [3.63, 3.8) is 0 Å². The smallest absolute Gasteiger partial charge is 0.123 e. The van der Waals surface area contributed by atoms with Crippen molar-refractivity contribution in [1.29, 1.82) is 0 Å². The molecule has 3 rings (SSSR count). The van der Waals surface area contributed by atoms with E-state index in [2.05, 4.69) is 21.7 Å². The highest BCUT2D eigenvalue weighted by atomic mass is 19.1. The zero-order valence-corrected chi connectivity index (χ0v) is 14.1. The lowest BCUT2D eigenvalue weighted by Crippen LogP contribution is -2.44. The summed E-state index contributed by atoms with van der Waals surface area (Å²) < 4.78 is 19.1. The maximum atomic E-state index is 13.7. The molecule has 0 unspecified atom stereocenters. The molecule has 1 aromatic rings. The lowest BCUT2D eigenvalue weighted by Gasteiger charge is -2.33. The Labute approximate surface area is 138 Å². The van der Waals surface area contributed by atoms with Gasteiger partial charge in [-0.15, -0.1) is 0 Å². The molecule has 0 atom stereocenters. The Kier molecular flexibility index (Phi) is 5.86. The monoisotopic (exact) mass is 321 g/mol. The average Bonchev–Trinajstić information content (AvgIpc) is 2.58. The van der Waals surface area contributed by atoms with Crippen molar-refractivity contribution >= 4 is 5.69 Å². The Morgan fingerprint density at radius 3 is 2.52 bits per heavy atom. The quantitative estimate of drug-likeness (QED) is 0.824. The maximum Gasteiger partial charge on any atom is 0.123 e. The fourth-order valence-corrected chi connectivity index (χ4v) is 3.43. The zero-order valence-electron chi connectivity index (χ0n) is 14.1. The number of rotatable bonds is 5. The van der Waals surface area contributed by atoms with E-state index < -0.39 is 0 Å². The van der Waals surface area contributed by atoms with Crippen LogP contribution in [0.3, 0.4) is 0 Å². The standard InChI is InChI=1S/C18H28FN3O/c1-20-7-9-21(10-8-20)6-2-3-16-15-17(19)4-5-18(16)22-11-13-23-14-12-22/h4-5,15H,2-3,6-14H2,1H3. The maximum absolute atomic E-state index is 13.7. The average molecular weight is 321 g/mol. The van der Waals surface area contributed by atoms with E-state index in [1.165, 1.54) is 5.69 Å². The van der Waals surface area contributed by atoms with Crippen LogP contribution in [0.25, 0.3) is 0 Å². The van der Waals surface area contributed by atoms with Gasteiger partial charge in [-0.05, 0) is 50.2 Å². The molecule has 2 fully saturated rings. The summed E-state index contributed by atoms with van der Waals surface area (Å²) in [5.41, 5.74) is 2.33. The molecule has 2 aliphatic rings. The van der Waals surface area contributed by atoms with E-state index in [9.17, 15) is 4.39 Å². The molecular formula is C18H28FN3O. The number of hydrogen-bond acceptors (Lipinski definition) is 4. The van der Waals surface area contributed by atoms with Gasteiger partial charge in [0.1, 0.15) is 5.82 Å². The van der Waals surface area contributed by atoms with Crippen LogP contribution in [0, 0.1) is 5.82 Å². The third-order valence-corrected chi connectivity index (χ3v) is 4.91. The summed E-state index contributed by atoms with van der Waals surface area (Å²) in [6, 6.07) is 5.23. The summed E-state index contributed by atoms with van der Waals surface area (Å²) in [6.45, 7) is 9.03. The first kappa shape index (κ1) is 16.7. The van der Waals surface area contributed by atoms with E-state index in [0.29, 0.717) is 0 Å². The molecule has 0 aliphatic carbocycles. The molecule has 0 spiro atoms. The second-order valence-electron chi connectivity index (χ2n) is 6.62. The molecule has 0 bridgehead atoms. The van der Waals surface area contributed by atoms with Gasteiger partial charge in [0.15, 0.2) is 0 Å². The minimum Gasteiger partial charge on any atom is -0.378 e. The Balaban J connectivity index is 1.56. The third-order valence-electron chi connectivity index (χ3n) is 4.91. The highest BCUT2D eigenvalue weighted by Crippen LogP contribution is 2.24. The molecule has 2 aliphatic heterocycles. The largest absolute Gasteiger partial charge is 0.378 e. The van der Waals surface area contributed by atoms with E-state index in [-0.39, 0.29) is 5.82 Å². The van der Waals surface area contributed by atoms with Crippen molar-refractivity contribution in [2.75, 3.05) is 71.0 Å². The summed E-state index contributed by atoms with van der Waals surface area (Å²) in [7, 11) is 2.18. The Morgan fingerprint density at radius 1 is 1.04 bits per heavy atom. The van der Waals surface area contributed by atoms with Crippen molar-refractivity contribution in [2.24, 2.45) is 0 Å². The molecule has 0 amide bonds. The number of nitrogens with zero attached hydrogens (tertiary/aromatic N) is 3. The van der Waals surface area contributed by atoms with Crippen LogP contribution >= 0.6 is 0 Å². The van der Waals surface area contributed by atoms with Crippen molar-refractivity contribution < 1.29 is 9.13 Å². The molecule has 4 nitrogen and oxygen atoms in total. The lowest BCUT2D eigenvalue weighted by atomic mass is 10.1. The Hall–Kier alpha value is -1.17. The second kappa shape index (κ2) is 8.08. The van der Waals surface area contributed by atoms with Crippen molar-refractivity contribution in [1.82, 2.24) is 9.80 Å². The van der Waals surface area contributed by atoms with Gasteiger partial charge in [0.2, 0.25) is 0 Å². The van der Waals surface area contributed by atoms with Crippen LogP contribution in [0.15, 0.2) is 18.2 Å².